The van der Waals surface area contributed by atoms with Crippen molar-refractivity contribution in [2.45, 2.75) is 38.8 Å². The van der Waals surface area contributed by atoms with Gasteiger partial charge in [0.05, 0.1) is 6.04 Å². The van der Waals surface area contributed by atoms with E-state index in [4.69, 9.17) is 5.73 Å². The molecule has 2 fully saturated rings. The van der Waals surface area contributed by atoms with E-state index < -0.39 is 0 Å². The summed E-state index contributed by atoms with van der Waals surface area (Å²) in [4.78, 5) is 4.41. The molecule has 0 radical (unpaired) electrons. The molecular formula is C12H19N3. The Labute approximate surface area is 90.7 Å². The highest BCUT2D eigenvalue weighted by Gasteiger charge is 2.55. The molecule has 1 aromatic rings. The van der Waals surface area contributed by atoms with E-state index >= 15 is 0 Å². The van der Waals surface area contributed by atoms with Crippen LogP contribution in [0.5, 0.6) is 0 Å². The van der Waals surface area contributed by atoms with Crippen molar-refractivity contribution in [3.05, 3.63) is 18.2 Å². The molecule has 3 nitrogen and oxygen atoms in total. The number of nitrogens with two attached hydrogens (primary N) is 1. The van der Waals surface area contributed by atoms with Gasteiger partial charge in [-0.25, -0.2) is 4.98 Å². The van der Waals surface area contributed by atoms with Crippen molar-refractivity contribution >= 4 is 0 Å². The normalized spacial score (nSPS) is 35.2. The highest BCUT2D eigenvalue weighted by Crippen LogP contribution is 2.61. The predicted octanol–water partition coefficient (Wildman–Crippen LogP) is 1.95. The van der Waals surface area contributed by atoms with Gasteiger partial charge in [0.1, 0.15) is 5.82 Å². The standard InChI is InChI=1S/C12H19N3/c1-2-15-7-6-14-12(15)11(13)10-8-4-3-5-9(8)10/h6-11H,2-5,13H2,1H3. The summed E-state index contributed by atoms with van der Waals surface area (Å²) in [5, 5.41) is 0. The lowest BCUT2D eigenvalue weighted by Crippen LogP contribution is -2.20. The van der Waals surface area contributed by atoms with Crippen molar-refractivity contribution in [3.63, 3.8) is 0 Å². The number of hydrogen-bond donors (Lipinski definition) is 1. The van der Waals surface area contributed by atoms with Crippen LogP contribution in [0.3, 0.4) is 0 Å². The molecule has 3 atom stereocenters. The molecule has 0 aromatic carbocycles. The van der Waals surface area contributed by atoms with E-state index in [1.54, 1.807) is 0 Å². The van der Waals surface area contributed by atoms with Crippen molar-refractivity contribution in [3.8, 4) is 0 Å². The van der Waals surface area contributed by atoms with Crippen molar-refractivity contribution < 1.29 is 0 Å². The molecule has 82 valence electrons. The third-order valence-electron chi connectivity index (χ3n) is 4.27. The largest absolute Gasteiger partial charge is 0.334 e. The molecule has 15 heavy (non-hydrogen) atoms. The lowest BCUT2D eigenvalue weighted by molar-refractivity contribution is 0.467. The van der Waals surface area contributed by atoms with E-state index in [1.165, 1.54) is 19.3 Å². The van der Waals surface area contributed by atoms with Gasteiger partial charge in [-0.1, -0.05) is 6.42 Å². The molecule has 0 saturated heterocycles. The Morgan fingerprint density at radius 2 is 2.27 bits per heavy atom. The van der Waals surface area contributed by atoms with Gasteiger partial charge in [-0.15, -0.1) is 0 Å². The molecule has 0 bridgehead atoms. The van der Waals surface area contributed by atoms with Crippen LogP contribution in [0.1, 0.15) is 38.1 Å². The maximum atomic E-state index is 6.33. The van der Waals surface area contributed by atoms with Crippen molar-refractivity contribution in [1.29, 1.82) is 0 Å². The van der Waals surface area contributed by atoms with Crippen LogP contribution >= 0.6 is 0 Å². The van der Waals surface area contributed by atoms with Gasteiger partial charge in [0.2, 0.25) is 0 Å². The average Bonchev–Trinajstić information content (AvgIpc) is 2.72. The van der Waals surface area contributed by atoms with Gasteiger partial charge in [-0.05, 0) is 37.5 Å². The number of aromatic nitrogens is 2. The zero-order valence-electron chi connectivity index (χ0n) is 9.26. The van der Waals surface area contributed by atoms with Crippen LogP contribution in [0.25, 0.3) is 0 Å². The predicted molar refractivity (Wildman–Crippen MR) is 59.2 cm³/mol. The summed E-state index contributed by atoms with van der Waals surface area (Å²) < 4.78 is 2.18. The number of nitrogens with zero attached hydrogens (tertiary/aromatic N) is 2. The minimum Gasteiger partial charge on any atom is -0.334 e. The van der Waals surface area contributed by atoms with Crippen LogP contribution < -0.4 is 5.73 Å². The van der Waals surface area contributed by atoms with E-state index in [0.29, 0.717) is 0 Å². The van der Waals surface area contributed by atoms with Crippen molar-refractivity contribution in [1.82, 2.24) is 9.55 Å². The van der Waals surface area contributed by atoms with Gasteiger partial charge in [0, 0.05) is 18.9 Å². The fourth-order valence-corrected chi connectivity index (χ4v) is 3.47. The van der Waals surface area contributed by atoms with Crippen LogP contribution in [0, 0.1) is 17.8 Å². The van der Waals surface area contributed by atoms with Gasteiger partial charge in [-0.2, -0.15) is 0 Å². The minimum atomic E-state index is 0.176. The Hall–Kier alpha value is -0.830. The fourth-order valence-electron chi connectivity index (χ4n) is 3.47. The molecule has 2 N–H and O–H groups in total. The second-order valence-corrected chi connectivity index (χ2v) is 4.93. The first-order valence-corrected chi connectivity index (χ1v) is 6.09. The Bertz CT molecular complexity index is 348. The Morgan fingerprint density at radius 3 is 2.93 bits per heavy atom. The third-order valence-corrected chi connectivity index (χ3v) is 4.27. The molecule has 3 unspecified atom stereocenters. The molecule has 2 aliphatic rings. The first-order chi connectivity index (χ1) is 7.33. The Kier molecular flexibility index (Phi) is 2.09. The van der Waals surface area contributed by atoms with Gasteiger partial charge < -0.3 is 10.3 Å². The molecule has 1 aromatic heterocycles. The van der Waals surface area contributed by atoms with Gasteiger partial charge in [0.25, 0.3) is 0 Å². The maximum absolute atomic E-state index is 6.33. The summed E-state index contributed by atoms with van der Waals surface area (Å²) in [6, 6.07) is 0.176. The van der Waals surface area contributed by atoms with Crippen LogP contribution in [-0.4, -0.2) is 9.55 Å². The zero-order valence-corrected chi connectivity index (χ0v) is 9.26. The second-order valence-electron chi connectivity index (χ2n) is 4.93. The van der Waals surface area contributed by atoms with E-state index in [9.17, 15) is 0 Å². The summed E-state index contributed by atoms with van der Waals surface area (Å²) in [5.74, 6) is 3.66. The number of imidazole rings is 1. The zero-order chi connectivity index (χ0) is 10.4. The molecule has 2 saturated carbocycles. The Morgan fingerprint density at radius 1 is 1.53 bits per heavy atom. The van der Waals surface area contributed by atoms with Gasteiger partial charge in [-0.3, -0.25) is 0 Å². The van der Waals surface area contributed by atoms with Gasteiger partial charge >= 0.3 is 0 Å². The summed E-state index contributed by atoms with van der Waals surface area (Å²) in [6.07, 6.45) is 8.12. The average molecular weight is 205 g/mol. The number of hydrogen-bond acceptors (Lipinski definition) is 2. The first kappa shape index (κ1) is 9.40. The number of fused-ring (bicyclic) bond motifs is 1. The van der Waals surface area contributed by atoms with Crippen LogP contribution in [0.15, 0.2) is 12.4 Å². The van der Waals surface area contributed by atoms with E-state index in [2.05, 4.69) is 16.5 Å². The monoisotopic (exact) mass is 205 g/mol. The highest BCUT2D eigenvalue weighted by molar-refractivity contribution is 5.12. The van der Waals surface area contributed by atoms with Crippen LogP contribution in [0.2, 0.25) is 0 Å². The molecule has 3 heteroatoms. The third kappa shape index (κ3) is 1.33. The SMILES string of the molecule is CCn1ccnc1C(N)C1C2CCCC21. The lowest BCUT2D eigenvalue weighted by Gasteiger charge is -2.14. The van der Waals surface area contributed by atoms with Crippen LogP contribution in [0.4, 0.5) is 0 Å². The first-order valence-electron chi connectivity index (χ1n) is 6.09. The number of rotatable bonds is 3. The van der Waals surface area contributed by atoms with E-state index in [1.807, 2.05) is 12.4 Å². The number of aryl methyl sites for hydroxylation is 1. The topological polar surface area (TPSA) is 43.8 Å². The fraction of sp³-hybridized carbons (Fsp3) is 0.750. The molecule has 3 rings (SSSR count). The summed E-state index contributed by atoms with van der Waals surface area (Å²) >= 11 is 0. The summed E-state index contributed by atoms with van der Waals surface area (Å²) in [5.41, 5.74) is 6.33. The van der Waals surface area contributed by atoms with Crippen molar-refractivity contribution in [2.75, 3.05) is 0 Å². The summed E-state index contributed by atoms with van der Waals surface area (Å²) in [7, 11) is 0. The quantitative estimate of drug-likeness (QED) is 0.819. The van der Waals surface area contributed by atoms with Crippen molar-refractivity contribution in [2.24, 2.45) is 23.5 Å². The molecule has 1 heterocycles. The minimum absolute atomic E-state index is 0.176. The molecule has 2 aliphatic carbocycles. The molecular weight excluding hydrogens is 186 g/mol. The van der Waals surface area contributed by atoms with Crippen LogP contribution in [-0.2, 0) is 6.54 Å². The van der Waals surface area contributed by atoms with E-state index in [0.717, 1.165) is 30.1 Å². The summed E-state index contributed by atoms with van der Waals surface area (Å²) in [6.45, 7) is 3.12. The molecule has 0 spiro atoms. The van der Waals surface area contributed by atoms with E-state index in [-0.39, 0.29) is 6.04 Å². The highest BCUT2D eigenvalue weighted by atomic mass is 15.1. The second kappa shape index (κ2) is 3.34. The maximum Gasteiger partial charge on any atom is 0.125 e. The molecule has 0 aliphatic heterocycles. The van der Waals surface area contributed by atoms with Gasteiger partial charge in [0.15, 0.2) is 0 Å². The molecule has 0 amide bonds. The lowest BCUT2D eigenvalue weighted by atomic mass is 10.0. The smallest absolute Gasteiger partial charge is 0.125 e. The Balaban J connectivity index is 1.77.